The molecule has 0 atom stereocenters. The summed E-state index contributed by atoms with van der Waals surface area (Å²) in [5, 5.41) is 18.6. The molecule has 2 heterocycles. The second-order valence-electron chi connectivity index (χ2n) is 8.13. The monoisotopic (exact) mass is 426 g/mol. The second-order valence-corrected chi connectivity index (χ2v) is 9.26. The number of amides is 1. The van der Waals surface area contributed by atoms with Crippen LogP contribution in [0.25, 0.3) is 5.57 Å². The van der Waals surface area contributed by atoms with Crippen molar-refractivity contribution in [2.45, 2.75) is 25.7 Å². The molecule has 2 aliphatic rings. The molecule has 5 nitrogen and oxygen atoms in total. The average Bonchev–Trinajstić information content (AvgIpc) is 3.11. The van der Waals surface area contributed by atoms with Gasteiger partial charge in [-0.3, -0.25) is 4.79 Å². The summed E-state index contributed by atoms with van der Waals surface area (Å²) in [6, 6.07) is 10.8. The van der Waals surface area contributed by atoms with Gasteiger partial charge in [0.2, 0.25) is 0 Å². The van der Waals surface area contributed by atoms with E-state index >= 15 is 0 Å². The first kappa shape index (κ1) is 21.2. The predicted molar refractivity (Wildman–Crippen MR) is 121 cm³/mol. The highest BCUT2D eigenvalue weighted by molar-refractivity contribution is 7.14. The number of hydrogen-bond acceptors (Lipinski definition) is 5. The molecular formula is C24H30N2O3S. The lowest BCUT2D eigenvalue weighted by Crippen LogP contribution is -2.35. The van der Waals surface area contributed by atoms with Gasteiger partial charge in [-0.25, -0.2) is 0 Å². The summed E-state index contributed by atoms with van der Waals surface area (Å²) >= 11 is 1.58. The van der Waals surface area contributed by atoms with Crippen LogP contribution in [0.3, 0.4) is 0 Å². The lowest BCUT2D eigenvalue weighted by atomic mass is 9.87. The maximum absolute atomic E-state index is 13.1. The molecular weight excluding hydrogens is 396 g/mol. The maximum atomic E-state index is 13.1. The molecule has 1 aromatic carbocycles. The zero-order chi connectivity index (χ0) is 21.1. The van der Waals surface area contributed by atoms with Crippen molar-refractivity contribution in [3.63, 3.8) is 0 Å². The lowest BCUT2D eigenvalue weighted by molar-refractivity contribution is 0.0689. The van der Waals surface area contributed by atoms with Gasteiger partial charge in [0, 0.05) is 31.1 Å². The van der Waals surface area contributed by atoms with Crippen molar-refractivity contribution in [2.24, 2.45) is 0 Å². The average molecular weight is 427 g/mol. The van der Waals surface area contributed by atoms with E-state index in [0.717, 1.165) is 38.8 Å². The van der Waals surface area contributed by atoms with E-state index in [1.807, 2.05) is 0 Å². The van der Waals surface area contributed by atoms with E-state index < -0.39 is 0 Å². The number of carbonyl (C=O) groups excluding carboxylic acids is 1. The van der Waals surface area contributed by atoms with Crippen LogP contribution in [0.5, 0.6) is 0 Å². The fourth-order valence-corrected chi connectivity index (χ4v) is 5.67. The van der Waals surface area contributed by atoms with E-state index in [-0.39, 0.29) is 32.2 Å². The smallest absolute Gasteiger partial charge is 0.264 e. The SMILES string of the molecule is CN1CCC(=C2c3ccccc3CCc3sc(C(=O)N(CCO)CCO)cc32)CC1. The Hall–Kier alpha value is -1.99. The fraction of sp³-hybridized carbons (Fsp3) is 0.458. The molecule has 1 aliphatic heterocycles. The number of likely N-dealkylation sites (tertiary alicyclic amines) is 1. The predicted octanol–water partition coefficient (Wildman–Crippen LogP) is 2.80. The molecule has 1 amide bonds. The number of nitrogens with zero attached hydrogens (tertiary/aromatic N) is 2. The summed E-state index contributed by atoms with van der Waals surface area (Å²) in [4.78, 5) is 19.0. The molecule has 0 spiro atoms. The van der Waals surface area contributed by atoms with Gasteiger partial charge in [-0.05, 0) is 61.1 Å². The van der Waals surface area contributed by atoms with Crippen LogP contribution < -0.4 is 0 Å². The zero-order valence-corrected chi connectivity index (χ0v) is 18.4. The van der Waals surface area contributed by atoms with Crippen molar-refractivity contribution in [3.05, 3.63) is 62.3 Å². The molecule has 2 aromatic rings. The Morgan fingerprint density at radius 2 is 1.73 bits per heavy atom. The Bertz CT molecular complexity index is 934. The van der Waals surface area contributed by atoms with Gasteiger partial charge >= 0.3 is 0 Å². The van der Waals surface area contributed by atoms with Gasteiger partial charge in [-0.1, -0.05) is 29.8 Å². The van der Waals surface area contributed by atoms with Crippen LogP contribution >= 0.6 is 11.3 Å². The number of aliphatic hydroxyl groups is 2. The van der Waals surface area contributed by atoms with Crippen molar-refractivity contribution in [1.29, 1.82) is 0 Å². The van der Waals surface area contributed by atoms with Crippen molar-refractivity contribution >= 4 is 22.8 Å². The van der Waals surface area contributed by atoms with Crippen LogP contribution in [0.4, 0.5) is 0 Å². The van der Waals surface area contributed by atoms with Gasteiger partial charge in [-0.2, -0.15) is 0 Å². The number of piperidine rings is 1. The molecule has 30 heavy (non-hydrogen) atoms. The minimum atomic E-state index is -0.104. The molecule has 1 aliphatic carbocycles. The molecule has 4 rings (SSSR count). The number of aryl methyl sites for hydroxylation is 2. The molecule has 0 radical (unpaired) electrons. The van der Waals surface area contributed by atoms with Crippen LogP contribution in [0, 0.1) is 0 Å². The summed E-state index contributed by atoms with van der Waals surface area (Å²) in [5.74, 6) is -0.0998. The van der Waals surface area contributed by atoms with Crippen molar-refractivity contribution in [1.82, 2.24) is 9.80 Å². The van der Waals surface area contributed by atoms with E-state index in [1.165, 1.54) is 32.7 Å². The van der Waals surface area contributed by atoms with E-state index in [9.17, 15) is 15.0 Å². The van der Waals surface area contributed by atoms with E-state index in [0.29, 0.717) is 4.88 Å². The van der Waals surface area contributed by atoms with Gasteiger partial charge in [0.25, 0.3) is 5.91 Å². The summed E-state index contributed by atoms with van der Waals surface area (Å²) in [5.41, 5.74) is 6.73. The number of benzene rings is 1. The highest BCUT2D eigenvalue weighted by Gasteiger charge is 2.27. The third-order valence-corrected chi connectivity index (χ3v) is 7.35. The molecule has 1 saturated heterocycles. The molecule has 1 fully saturated rings. The molecule has 2 N–H and O–H groups in total. The van der Waals surface area contributed by atoms with Crippen molar-refractivity contribution < 1.29 is 15.0 Å². The highest BCUT2D eigenvalue weighted by atomic mass is 32.1. The first-order valence-electron chi connectivity index (χ1n) is 10.7. The topological polar surface area (TPSA) is 64.0 Å². The first-order valence-corrected chi connectivity index (χ1v) is 11.6. The normalized spacial score (nSPS) is 16.8. The van der Waals surface area contributed by atoms with Crippen LogP contribution in [-0.2, 0) is 12.8 Å². The van der Waals surface area contributed by atoms with E-state index in [2.05, 4.69) is 42.3 Å². The van der Waals surface area contributed by atoms with E-state index in [4.69, 9.17) is 0 Å². The number of aliphatic hydroxyl groups excluding tert-OH is 2. The van der Waals surface area contributed by atoms with Gasteiger partial charge in [0.05, 0.1) is 18.1 Å². The maximum Gasteiger partial charge on any atom is 0.264 e. The second kappa shape index (κ2) is 9.43. The Morgan fingerprint density at radius 3 is 2.43 bits per heavy atom. The van der Waals surface area contributed by atoms with Crippen LogP contribution in [0.1, 0.15) is 44.1 Å². The number of thiophene rings is 1. The Kier molecular flexibility index (Phi) is 6.68. The Labute approximate surface area is 182 Å². The number of hydrogen-bond donors (Lipinski definition) is 2. The zero-order valence-electron chi connectivity index (χ0n) is 17.6. The summed E-state index contributed by atoms with van der Waals surface area (Å²) in [6.45, 7) is 2.40. The third kappa shape index (κ3) is 4.23. The number of rotatable bonds is 5. The number of carbonyl (C=O) groups is 1. The molecule has 160 valence electrons. The van der Waals surface area contributed by atoms with Crippen LogP contribution in [0.2, 0.25) is 0 Å². The minimum absolute atomic E-state index is 0.0998. The quantitative estimate of drug-likeness (QED) is 0.772. The van der Waals surface area contributed by atoms with Gasteiger partial charge in [-0.15, -0.1) is 11.3 Å². The van der Waals surface area contributed by atoms with Crippen molar-refractivity contribution in [3.8, 4) is 0 Å². The minimum Gasteiger partial charge on any atom is -0.395 e. The molecule has 6 heteroatoms. The van der Waals surface area contributed by atoms with E-state index in [1.54, 1.807) is 16.2 Å². The van der Waals surface area contributed by atoms with Crippen LogP contribution in [0.15, 0.2) is 35.9 Å². The largest absolute Gasteiger partial charge is 0.395 e. The van der Waals surface area contributed by atoms with Gasteiger partial charge in [0.1, 0.15) is 0 Å². The van der Waals surface area contributed by atoms with Crippen LogP contribution in [-0.4, -0.2) is 72.4 Å². The molecule has 0 bridgehead atoms. The summed E-state index contributed by atoms with van der Waals surface area (Å²) < 4.78 is 0. The first-order chi connectivity index (χ1) is 14.6. The van der Waals surface area contributed by atoms with Gasteiger partial charge < -0.3 is 20.0 Å². The molecule has 0 saturated carbocycles. The van der Waals surface area contributed by atoms with Gasteiger partial charge in [0.15, 0.2) is 0 Å². The third-order valence-electron chi connectivity index (χ3n) is 6.17. The molecule has 0 unspecified atom stereocenters. The fourth-order valence-electron chi connectivity index (χ4n) is 4.54. The Morgan fingerprint density at radius 1 is 1.03 bits per heavy atom. The highest BCUT2D eigenvalue weighted by Crippen LogP contribution is 2.41. The standard InChI is InChI=1S/C24H30N2O3S/c1-25-10-8-18(9-11-25)23-19-5-3-2-4-17(19)6-7-21-20(23)16-22(30-21)24(29)26(12-14-27)13-15-28/h2-5,16,27-28H,6-15H2,1H3. The van der Waals surface area contributed by atoms with Crippen molar-refractivity contribution in [2.75, 3.05) is 46.4 Å². The summed E-state index contributed by atoms with van der Waals surface area (Å²) in [7, 11) is 2.17. The lowest BCUT2D eigenvalue weighted by Gasteiger charge is -2.27. The Balaban J connectivity index is 1.78. The number of fused-ring (bicyclic) bond motifs is 2. The summed E-state index contributed by atoms with van der Waals surface area (Å²) in [6.07, 6.45) is 4.02. The molecule has 1 aromatic heterocycles.